The molecule has 0 saturated heterocycles. The average Bonchev–Trinajstić information content (AvgIpc) is 3.20. The monoisotopic (exact) mass is 584 g/mol. The van der Waals surface area contributed by atoms with Gasteiger partial charge in [-0.1, -0.05) is 0 Å². The summed E-state index contributed by atoms with van der Waals surface area (Å²) in [5, 5.41) is -14.7. The molecule has 0 aliphatic heterocycles. The minimum atomic E-state index is -7.98. The van der Waals surface area contributed by atoms with Crippen molar-refractivity contribution in [3.05, 3.63) is 40.8 Å². The number of halogens is 9. The SMILES string of the molecule is O=S(=O)([N-]S(=O)(=O)C(F)(F)C(F)(F)C(F)(F)S(=O)(=O)Oc1ccc(-c2ncc[nH]2)cc1)C(F)(F)F. The number of H-pyrrole nitrogens is 1. The first-order chi connectivity index (χ1) is 15.5. The van der Waals surface area contributed by atoms with Gasteiger partial charge in [0.15, 0.2) is 20.0 Å². The van der Waals surface area contributed by atoms with E-state index in [0.717, 1.165) is 12.1 Å². The number of benzene rings is 1. The maximum absolute atomic E-state index is 14.0. The fraction of sp³-hybridized carbons (Fsp3) is 0.308. The molecule has 22 heteroatoms. The van der Waals surface area contributed by atoms with Crippen LogP contribution >= 0.6 is 0 Å². The highest BCUT2D eigenvalue weighted by Gasteiger charge is 2.81. The Morgan fingerprint density at radius 3 is 1.71 bits per heavy atom. The maximum atomic E-state index is 14.0. The Balaban J connectivity index is 2.42. The predicted octanol–water partition coefficient (Wildman–Crippen LogP) is 3.16. The number of aromatic amines is 1. The number of alkyl halides is 9. The first kappa shape index (κ1) is 28.6. The molecule has 1 aromatic heterocycles. The normalized spacial score (nSPS) is 14.7. The number of sulfonamides is 2. The molecule has 1 heterocycles. The van der Waals surface area contributed by atoms with E-state index in [2.05, 4.69) is 14.2 Å². The molecule has 0 spiro atoms. The van der Waals surface area contributed by atoms with Gasteiger partial charge in [-0.2, -0.15) is 47.9 Å². The van der Waals surface area contributed by atoms with Crippen LogP contribution in [0, 0.1) is 0 Å². The van der Waals surface area contributed by atoms with E-state index in [0.29, 0.717) is 16.3 Å². The number of imidazole rings is 1. The van der Waals surface area contributed by atoms with E-state index in [1.807, 2.05) is 0 Å². The lowest BCUT2D eigenvalue weighted by Crippen LogP contribution is -2.61. The topological polar surface area (TPSA) is 154 Å². The standard InChI is InChI=1S/C13H7F9N3O7S3/c14-10(15,11(16,17)33(26,27)25-34(28,29)13(20,21)22)12(18,19)35(30,31)32-8-3-1-7(2-4-8)9-23-5-6-24-9/h1-6H,(H,23,24)/q-1. The average molecular weight is 584 g/mol. The predicted molar refractivity (Wildman–Crippen MR) is 95.7 cm³/mol. The molecule has 0 fully saturated rings. The highest BCUT2D eigenvalue weighted by molar-refractivity contribution is 8.13. The number of aromatic nitrogens is 2. The first-order valence-electron chi connectivity index (χ1n) is 7.97. The first-order valence-corrected chi connectivity index (χ1v) is 12.3. The van der Waals surface area contributed by atoms with Crippen LogP contribution < -0.4 is 4.18 Å². The van der Waals surface area contributed by atoms with Crippen molar-refractivity contribution in [2.75, 3.05) is 0 Å². The summed E-state index contributed by atoms with van der Waals surface area (Å²) in [6, 6.07) is 3.04. The van der Waals surface area contributed by atoms with Gasteiger partial charge in [-0.3, -0.25) is 0 Å². The molecule has 0 unspecified atom stereocenters. The van der Waals surface area contributed by atoms with E-state index in [-0.39, 0.29) is 11.4 Å². The van der Waals surface area contributed by atoms with Crippen LogP contribution in [0.3, 0.4) is 0 Å². The summed E-state index contributed by atoms with van der Waals surface area (Å²) in [5.41, 5.74) is -6.55. The fourth-order valence-electron chi connectivity index (χ4n) is 1.98. The van der Waals surface area contributed by atoms with Gasteiger partial charge >= 0.3 is 32.1 Å². The Kier molecular flexibility index (Phi) is 6.97. The molecule has 0 bridgehead atoms. The van der Waals surface area contributed by atoms with Crippen molar-refractivity contribution in [1.29, 1.82) is 0 Å². The van der Waals surface area contributed by atoms with E-state index in [9.17, 15) is 64.8 Å². The van der Waals surface area contributed by atoms with E-state index < -0.39 is 57.9 Å². The van der Waals surface area contributed by atoms with Gasteiger partial charge in [-0.05, 0) is 24.3 Å². The lowest BCUT2D eigenvalue weighted by atomic mass is 10.2. The molecule has 0 atom stereocenters. The van der Waals surface area contributed by atoms with E-state index in [1.54, 1.807) is 0 Å². The molecule has 35 heavy (non-hydrogen) atoms. The highest BCUT2D eigenvalue weighted by Crippen LogP contribution is 2.53. The van der Waals surface area contributed by atoms with E-state index in [1.165, 1.54) is 12.4 Å². The van der Waals surface area contributed by atoms with Crippen molar-refractivity contribution in [3.63, 3.8) is 0 Å². The van der Waals surface area contributed by atoms with Crippen LogP contribution in [-0.2, 0) is 30.2 Å². The highest BCUT2D eigenvalue weighted by atomic mass is 32.3. The van der Waals surface area contributed by atoms with Crippen LogP contribution in [0.2, 0.25) is 0 Å². The van der Waals surface area contributed by atoms with Gasteiger partial charge in [0, 0.05) is 18.0 Å². The molecule has 0 aliphatic carbocycles. The smallest absolute Gasteiger partial charge is 0.423 e. The van der Waals surface area contributed by atoms with Gasteiger partial charge in [0.2, 0.25) is 0 Å². The molecule has 0 amide bonds. The third-order valence-electron chi connectivity index (χ3n) is 3.69. The van der Waals surface area contributed by atoms with Gasteiger partial charge in [-0.15, -0.1) is 0 Å². The molecule has 0 saturated carbocycles. The Hall–Kier alpha value is -2.59. The second kappa shape index (κ2) is 8.51. The zero-order chi connectivity index (χ0) is 27.3. The van der Waals surface area contributed by atoms with Crippen molar-refractivity contribution in [2.24, 2.45) is 0 Å². The third kappa shape index (κ3) is 4.91. The second-order valence-electron chi connectivity index (χ2n) is 6.08. The molecule has 10 nitrogen and oxygen atoms in total. The number of rotatable bonds is 9. The number of hydrogen-bond donors (Lipinski definition) is 1. The largest absolute Gasteiger partial charge is 0.480 e. The summed E-state index contributed by atoms with van der Waals surface area (Å²) >= 11 is 0. The van der Waals surface area contributed by atoms with Crippen LogP contribution in [0.4, 0.5) is 39.5 Å². The zero-order valence-corrected chi connectivity index (χ0v) is 18.3. The molecular formula is C13H7F9N3O7S3-. The fourth-order valence-corrected chi connectivity index (χ4v) is 5.15. The molecule has 0 aliphatic rings. The Morgan fingerprint density at radius 2 is 1.29 bits per heavy atom. The van der Waals surface area contributed by atoms with Crippen molar-refractivity contribution in [3.8, 4) is 17.1 Å². The zero-order valence-electron chi connectivity index (χ0n) is 15.8. The van der Waals surface area contributed by atoms with Crippen LogP contribution in [-0.4, -0.2) is 57.2 Å². The van der Waals surface area contributed by atoms with Crippen molar-refractivity contribution < 1.29 is 69.0 Å². The minimum Gasteiger partial charge on any atom is -0.423 e. The summed E-state index contributed by atoms with van der Waals surface area (Å²) in [4.78, 5) is 6.33. The van der Waals surface area contributed by atoms with Crippen molar-refractivity contribution >= 4 is 30.2 Å². The quantitative estimate of drug-likeness (QED) is 0.348. The van der Waals surface area contributed by atoms with Gasteiger partial charge in [0.05, 0.1) is 0 Å². The van der Waals surface area contributed by atoms with Crippen LogP contribution in [0.25, 0.3) is 15.5 Å². The number of hydrogen-bond acceptors (Lipinski definition) is 8. The second-order valence-corrected chi connectivity index (χ2v) is 11.1. The molecule has 1 N–H and O–H groups in total. The van der Waals surface area contributed by atoms with Crippen LogP contribution in [0.5, 0.6) is 5.75 Å². The Labute approximate surface area is 189 Å². The molecular weight excluding hydrogens is 577 g/mol. The number of nitrogens with one attached hydrogen (secondary N) is 1. The summed E-state index contributed by atoms with van der Waals surface area (Å²) in [6.07, 6.45) is 2.61. The molecule has 0 radical (unpaired) electrons. The van der Waals surface area contributed by atoms with E-state index >= 15 is 0 Å². The Bertz CT molecular complexity index is 1390. The Morgan fingerprint density at radius 1 is 0.771 bits per heavy atom. The third-order valence-corrected chi connectivity index (χ3v) is 8.05. The summed E-state index contributed by atoms with van der Waals surface area (Å²) in [7, 11) is -22.7. The minimum absolute atomic E-state index is 0.152. The summed E-state index contributed by atoms with van der Waals surface area (Å²) in [6.45, 7) is 0. The van der Waals surface area contributed by atoms with Crippen molar-refractivity contribution in [1.82, 2.24) is 9.97 Å². The lowest BCUT2D eigenvalue weighted by Gasteiger charge is -2.35. The van der Waals surface area contributed by atoms with Gasteiger partial charge in [0.1, 0.15) is 11.6 Å². The summed E-state index contributed by atoms with van der Waals surface area (Å²) in [5.74, 6) is -8.62. The summed E-state index contributed by atoms with van der Waals surface area (Å²) < 4.78 is 191. The number of nitrogens with zero attached hydrogens (tertiary/aromatic N) is 2. The van der Waals surface area contributed by atoms with Gasteiger partial charge in [0.25, 0.3) is 0 Å². The molecule has 2 aromatic rings. The molecule has 2 rings (SSSR count). The van der Waals surface area contributed by atoms with Crippen LogP contribution in [0.1, 0.15) is 0 Å². The maximum Gasteiger partial charge on any atom is 0.480 e. The van der Waals surface area contributed by atoms with Crippen molar-refractivity contribution in [2.45, 2.75) is 21.9 Å². The van der Waals surface area contributed by atoms with Gasteiger partial charge in [-0.25, -0.2) is 21.8 Å². The lowest BCUT2D eigenvalue weighted by molar-refractivity contribution is -0.245. The van der Waals surface area contributed by atoms with Gasteiger partial charge < -0.3 is 13.3 Å². The molecule has 198 valence electrons. The van der Waals surface area contributed by atoms with E-state index in [4.69, 9.17) is 0 Å². The molecule has 1 aromatic carbocycles. The van der Waals surface area contributed by atoms with Crippen LogP contribution in [0.15, 0.2) is 36.7 Å².